The summed E-state index contributed by atoms with van der Waals surface area (Å²) in [6.07, 6.45) is -0.0744. The highest BCUT2D eigenvalue weighted by Crippen LogP contribution is 1.95. The van der Waals surface area contributed by atoms with Crippen LogP contribution in [0.5, 0.6) is 0 Å². The zero-order chi connectivity index (χ0) is 12.4. The van der Waals surface area contributed by atoms with Gasteiger partial charge >= 0.3 is 0 Å². The first-order chi connectivity index (χ1) is 7.63. The number of ether oxygens (including phenoxy) is 2. The van der Waals surface area contributed by atoms with Gasteiger partial charge in [-0.05, 0) is 6.42 Å². The molecule has 4 N–H and O–H groups in total. The van der Waals surface area contributed by atoms with Gasteiger partial charge in [-0.3, -0.25) is 4.79 Å². The molecule has 0 bridgehead atoms. The zero-order valence-electron chi connectivity index (χ0n) is 9.94. The summed E-state index contributed by atoms with van der Waals surface area (Å²) < 4.78 is 9.74. The molecule has 0 aliphatic carbocycles. The van der Waals surface area contributed by atoms with Crippen LogP contribution >= 0.6 is 0 Å². The molecule has 0 aromatic rings. The van der Waals surface area contributed by atoms with Crippen molar-refractivity contribution in [2.75, 3.05) is 33.9 Å². The lowest BCUT2D eigenvalue weighted by Gasteiger charge is -2.13. The fraction of sp³-hybridized carbons (Fsp3) is 0.900. The molecule has 0 spiro atoms. The number of hydrogen-bond acceptors (Lipinski definition) is 5. The Morgan fingerprint density at radius 3 is 2.69 bits per heavy atom. The maximum Gasteiger partial charge on any atom is 0.222 e. The topological polar surface area (TPSA) is 93.8 Å². The standard InChI is InChI=1S/C10H22N2O4/c1-15-7-8(13)3-4-12-10(14)5-9(6-11)16-2/h8-9,13H,3-7,11H2,1-2H3,(H,12,14). The molecule has 0 aromatic carbocycles. The predicted octanol–water partition coefficient (Wildman–Crippen LogP) is -1.14. The van der Waals surface area contributed by atoms with Gasteiger partial charge in [-0.2, -0.15) is 0 Å². The molecular formula is C10H22N2O4. The Bertz CT molecular complexity index is 186. The second-order valence-corrected chi connectivity index (χ2v) is 3.55. The largest absolute Gasteiger partial charge is 0.391 e. The first kappa shape index (κ1) is 15.3. The van der Waals surface area contributed by atoms with E-state index in [9.17, 15) is 9.90 Å². The highest BCUT2D eigenvalue weighted by molar-refractivity contribution is 5.76. The molecule has 0 aromatic heterocycles. The van der Waals surface area contributed by atoms with Crippen molar-refractivity contribution in [3.8, 4) is 0 Å². The van der Waals surface area contributed by atoms with Crippen LogP contribution in [0.15, 0.2) is 0 Å². The number of carbonyl (C=O) groups excluding carboxylic acids is 1. The van der Waals surface area contributed by atoms with E-state index in [1.807, 2.05) is 0 Å². The number of rotatable bonds is 9. The average molecular weight is 234 g/mol. The van der Waals surface area contributed by atoms with Gasteiger partial charge in [0.15, 0.2) is 0 Å². The molecule has 0 saturated carbocycles. The second kappa shape index (κ2) is 9.53. The van der Waals surface area contributed by atoms with Crippen LogP contribution in [-0.2, 0) is 14.3 Å². The molecule has 0 fully saturated rings. The Balaban J connectivity index is 3.57. The Hall–Kier alpha value is -0.690. The Kier molecular flexibility index (Phi) is 9.12. The van der Waals surface area contributed by atoms with E-state index in [1.165, 1.54) is 14.2 Å². The molecule has 1 amide bonds. The van der Waals surface area contributed by atoms with Gasteiger partial charge in [0.1, 0.15) is 0 Å². The van der Waals surface area contributed by atoms with Crippen LogP contribution in [0.25, 0.3) is 0 Å². The lowest BCUT2D eigenvalue weighted by atomic mass is 10.2. The molecular weight excluding hydrogens is 212 g/mol. The number of aliphatic hydroxyl groups excluding tert-OH is 1. The third-order valence-corrected chi connectivity index (χ3v) is 2.17. The van der Waals surface area contributed by atoms with Crippen molar-refractivity contribution in [1.82, 2.24) is 5.32 Å². The number of aliphatic hydroxyl groups is 1. The van der Waals surface area contributed by atoms with Gasteiger partial charge in [0, 0.05) is 27.3 Å². The van der Waals surface area contributed by atoms with E-state index in [1.54, 1.807) is 0 Å². The van der Waals surface area contributed by atoms with Crippen LogP contribution in [0, 0.1) is 0 Å². The fourth-order valence-corrected chi connectivity index (χ4v) is 1.20. The molecule has 0 rings (SSSR count). The van der Waals surface area contributed by atoms with Crippen molar-refractivity contribution >= 4 is 5.91 Å². The van der Waals surface area contributed by atoms with E-state index < -0.39 is 6.10 Å². The minimum absolute atomic E-state index is 0.123. The first-order valence-corrected chi connectivity index (χ1v) is 5.30. The van der Waals surface area contributed by atoms with E-state index in [-0.39, 0.29) is 25.0 Å². The summed E-state index contributed by atoms with van der Waals surface area (Å²) in [5.41, 5.74) is 5.39. The van der Waals surface area contributed by atoms with Gasteiger partial charge in [-0.25, -0.2) is 0 Å². The molecule has 2 unspecified atom stereocenters. The van der Waals surface area contributed by atoms with E-state index in [4.69, 9.17) is 15.2 Å². The van der Waals surface area contributed by atoms with Crippen LogP contribution in [0.2, 0.25) is 0 Å². The molecule has 0 aliphatic heterocycles. The third kappa shape index (κ3) is 7.58. The van der Waals surface area contributed by atoms with Crippen molar-refractivity contribution < 1.29 is 19.4 Å². The molecule has 0 radical (unpaired) electrons. The molecule has 2 atom stereocenters. The Labute approximate surface area is 96.1 Å². The van der Waals surface area contributed by atoms with Crippen LogP contribution in [0.1, 0.15) is 12.8 Å². The highest BCUT2D eigenvalue weighted by Gasteiger charge is 2.11. The summed E-state index contributed by atoms with van der Waals surface area (Å²) in [4.78, 5) is 11.4. The van der Waals surface area contributed by atoms with Crippen LogP contribution in [0.4, 0.5) is 0 Å². The zero-order valence-corrected chi connectivity index (χ0v) is 9.94. The van der Waals surface area contributed by atoms with E-state index >= 15 is 0 Å². The SMILES string of the molecule is COCC(O)CCNC(=O)CC(CN)OC. The summed E-state index contributed by atoms with van der Waals surface area (Å²) in [5, 5.41) is 12.0. The van der Waals surface area contributed by atoms with E-state index in [0.29, 0.717) is 19.5 Å². The quantitative estimate of drug-likeness (QED) is 0.469. The van der Waals surface area contributed by atoms with E-state index in [2.05, 4.69) is 5.32 Å². The third-order valence-electron chi connectivity index (χ3n) is 2.17. The smallest absolute Gasteiger partial charge is 0.222 e. The summed E-state index contributed by atoms with van der Waals surface area (Å²) in [5.74, 6) is -0.123. The summed E-state index contributed by atoms with van der Waals surface area (Å²) in [6.45, 7) is 1.01. The lowest BCUT2D eigenvalue weighted by Crippen LogP contribution is -2.34. The summed E-state index contributed by atoms with van der Waals surface area (Å²) in [6, 6.07) is 0. The fourth-order valence-electron chi connectivity index (χ4n) is 1.20. The minimum Gasteiger partial charge on any atom is -0.391 e. The number of amides is 1. The summed E-state index contributed by atoms with van der Waals surface area (Å²) >= 11 is 0. The number of nitrogens with one attached hydrogen (secondary N) is 1. The lowest BCUT2D eigenvalue weighted by molar-refractivity contribution is -0.123. The van der Waals surface area contributed by atoms with Crippen LogP contribution in [-0.4, -0.2) is 57.1 Å². The van der Waals surface area contributed by atoms with Gasteiger partial charge in [-0.1, -0.05) is 0 Å². The van der Waals surface area contributed by atoms with Gasteiger partial charge in [0.2, 0.25) is 5.91 Å². The molecule has 6 nitrogen and oxygen atoms in total. The molecule has 6 heteroatoms. The Morgan fingerprint density at radius 2 is 2.19 bits per heavy atom. The number of hydrogen-bond donors (Lipinski definition) is 3. The van der Waals surface area contributed by atoms with E-state index in [0.717, 1.165) is 0 Å². The molecule has 0 saturated heterocycles. The highest BCUT2D eigenvalue weighted by atomic mass is 16.5. The molecule has 0 heterocycles. The van der Waals surface area contributed by atoms with Gasteiger partial charge in [-0.15, -0.1) is 0 Å². The maximum atomic E-state index is 11.4. The molecule has 96 valence electrons. The van der Waals surface area contributed by atoms with Crippen LogP contribution in [0.3, 0.4) is 0 Å². The molecule has 0 aliphatic rings. The van der Waals surface area contributed by atoms with Gasteiger partial charge in [0.05, 0.1) is 25.2 Å². The predicted molar refractivity (Wildman–Crippen MR) is 60.0 cm³/mol. The molecule has 16 heavy (non-hydrogen) atoms. The maximum absolute atomic E-state index is 11.4. The van der Waals surface area contributed by atoms with Crippen LogP contribution < -0.4 is 11.1 Å². The van der Waals surface area contributed by atoms with Crippen molar-refractivity contribution in [2.24, 2.45) is 5.73 Å². The average Bonchev–Trinajstić information content (AvgIpc) is 2.26. The number of carbonyl (C=O) groups is 1. The van der Waals surface area contributed by atoms with Crippen molar-refractivity contribution in [1.29, 1.82) is 0 Å². The van der Waals surface area contributed by atoms with Crippen molar-refractivity contribution in [2.45, 2.75) is 25.0 Å². The monoisotopic (exact) mass is 234 g/mol. The number of methoxy groups -OCH3 is 2. The first-order valence-electron chi connectivity index (χ1n) is 5.30. The van der Waals surface area contributed by atoms with Crippen molar-refractivity contribution in [3.05, 3.63) is 0 Å². The Morgan fingerprint density at radius 1 is 1.50 bits per heavy atom. The second-order valence-electron chi connectivity index (χ2n) is 3.55. The normalized spacial score (nSPS) is 14.5. The van der Waals surface area contributed by atoms with Crippen molar-refractivity contribution in [3.63, 3.8) is 0 Å². The minimum atomic E-state index is -0.543. The summed E-state index contributed by atoms with van der Waals surface area (Å²) in [7, 11) is 3.04. The van der Waals surface area contributed by atoms with Gasteiger partial charge in [0.25, 0.3) is 0 Å². The number of nitrogens with two attached hydrogens (primary N) is 1. The van der Waals surface area contributed by atoms with Gasteiger partial charge < -0.3 is 25.6 Å².